The smallest absolute Gasteiger partial charge is 0.116 e. The zero-order valence-electron chi connectivity index (χ0n) is 11.0. The molecular formula is C13H22N2OS. The molecule has 3 nitrogen and oxygen atoms in total. The van der Waals surface area contributed by atoms with Gasteiger partial charge in [0.2, 0.25) is 0 Å². The van der Waals surface area contributed by atoms with E-state index in [0.717, 1.165) is 44.7 Å². The van der Waals surface area contributed by atoms with Crippen molar-refractivity contribution in [1.29, 1.82) is 0 Å². The number of thiazole rings is 1. The average molecular weight is 254 g/mol. The van der Waals surface area contributed by atoms with Crippen LogP contribution in [0.2, 0.25) is 0 Å². The normalized spacial score (nSPS) is 25.1. The first-order chi connectivity index (χ1) is 8.18. The van der Waals surface area contributed by atoms with Crippen LogP contribution in [0.15, 0.2) is 0 Å². The summed E-state index contributed by atoms with van der Waals surface area (Å²) in [5.74, 6) is 0. The highest BCUT2D eigenvalue weighted by Gasteiger charge is 2.37. The highest BCUT2D eigenvalue weighted by molar-refractivity contribution is 7.11. The number of nitrogens with one attached hydrogen (secondary N) is 1. The van der Waals surface area contributed by atoms with Gasteiger partial charge in [-0.05, 0) is 39.7 Å². The lowest BCUT2D eigenvalue weighted by Gasteiger charge is -2.36. The molecule has 0 amide bonds. The third-order valence-corrected chi connectivity index (χ3v) is 4.67. The van der Waals surface area contributed by atoms with Crippen LogP contribution in [0.4, 0.5) is 0 Å². The number of hydrogen-bond donors (Lipinski definition) is 1. The zero-order chi connectivity index (χ0) is 12.3. The number of nitrogens with zero attached hydrogens (tertiary/aromatic N) is 1. The van der Waals surface area contributed by atoms with Gasteiger partial charge in [0.25, 0.3) is 0 Å². The quantitative estimate of drug-likeness (QED) is 0.897. The molecule has 0 saturated carbocycles. The third kappa shape index (κ3) is 2.69. The Morgan fingerprint density at radius 3 is 2.82 bits per heavy atom. The molecule has 1 aliphatic rings. The molecule has 0 aliphatic carbocycles. The predicted octanol–water partition coefficient (Wildman–Crippen LogP) is 2.77. The monoisotopic (exact) mass is 254 g/mol. The number of rotatable bonds is 4. The maximum Gasteiger partial charge on any atom is 0.116 e. The molecule has 1 aromatic heterocycles. The van der Waals surface area contributed by atoms with E-state index in [1.54, 1.807) is 0 Å². The van der Waals surface area contributed by atoms with Crippen LogP contribution in [0.3, 0.4) is 0 Å². The molecule has 0 bridgehead atoms. The fraction of sp³-hybridized carbons (Fsp3) is 0.769. The summed E-state index contributed by atoms with van der Waals surface area (Å²) in [5.41, 5.74) is 1.13. The second-order valence-electron chi connectivity index (χ2n) is 4.83. The first kappa shape index (κ1) is 13.0. The molecule has 17 heavy (non-hydrogen) atoms. The first-order valence-electron chi connectivity index (χ1n) is 6.45. The molecule has 1 N–H and O–H groups in total. The molecule has 2 rings (SSSR count). The van der Waals surface area contributed by atoms with Crippen molar-refractivity contribution in [3.63, 3.8) is 0 Å². The van der Waals surface area contributed by atoms with Crippen LogP contribution in [0, 0.1) is 13.8 Å². The van der Waals surface area contributed by atoms with Crippen molar-refractivity contribution in [3.8, 4) is 0 Å². The molecule has 1 aromatic rings. The highest BCUT2D eigenvalue weighted by atomic mass is 32.1. The fourth-order valence-electron chi connectivity index (χ4n) is 2.22. The van der Waals surface area contributed by atoms with E-state index in [1.165, 1.54) is 9.88 Å². The maximum atomic E-state index is 5.69. The van der Waals surface area contributed by atoms with Gasteiger partial charge in [0.05, 0.1) is 17.8 Å². The van der Waals surface area contributed by atoms with E-state index in [1.807, 2.05) is 11.3 Å². The summed E-state index contributed by atoms with van der Waals surface area (Å²) in [4.78, 5) is 6.06. The third-order valence-electron chi connectivity index (χ3n) is 3.39. The molecule has 1 unspecified atom stereocenters. The number of aryl methyl sites for hydroxylation is 2. The number of ether oxygens (including phenoxy) is 1. The Kier molecular flexibility index (Phi) is 4.17. The maximum absolute atomic E-state index is 5.69. The summed E-state index contributed by atoms with van der Waals surface area (Å²) < 4.78 is 5.69. The Hall–Kier alpha value is -0.450. The Balaban J connectivity index is 2.25. The van der Waals surface area contributed by atoms with E-state index >= 15 is 0 Å². The summed E-state index contributed by atoms with van der Waals surface area (Å²) in [6, 6.07) is 0. The van der Waals surface area contributed by atoms with Crippen molar-refractivity contribution in [3.05, 3.63) is 15.6 Å². The lowest BCUT2D eigenvalue weighted by atomic mass is 9.93. The van der Waals surface area contributed by atoms with Gasteiger partial charge in [0.15, 0.2) is 0 Å². The largest absolute Gasteiger partial charge is 0.379 e. The molecular weight excluding hydrogens is 232 g/mol. The Morgan fingerprint density at radius 2 is 2.29 bits per heavy atom. The minimum absolute atomic E-state index is 0.0298. The van der Waals surface area contributed by atoms with E-state index in [-0.39, 0.29) is 5.54 Å². The van der Waals surface area contributed by atoms with E-state index in [2.05, 4.69) is 26.1 Å². The van der Waals surface area contributed by atoms with Gasteiger partial charge in [-0.2, -0.15) is 0 Å². The standard InChI is InChI=1S/C13H22N2OS/c1-4-7-14-13(6-5-8-16-9-13)12-15-10(2)11(3)17-12/h14H,4-9H2,1-3H3. The highest BCUT2D eigenvalue weighted by Crippen LogP contribution is 2.34. The molecule has 96 valence electrons. The SMILES string of the molecule is CCCNC1(c2nc(C)c(C)s2)CCCOC1. The predicted molar refractivity (Wildman–Crippen MR) is 71.6 cm³/mol. The van der Waals surface area contributed by atoms with Crippen molar-refractivity contribution in [2.75, 3.05) is 19.8 Å². The van der Waals surface area contributed by atoms with Gasteiger partial charge in [-0.3, -0.25) is 0 Å². The van der Waals surface area contributed by atoms with Crippen LogP contribution in [0.1, 0.15) is 41.8 Å². The summed E-state index contributed by atoms with van der Waals surface area (Å²) in [6.07, 6.45) is 3.40. The van der Waals surface area contributed by atoms with Gasteiger partial charge in [-0.1, -0.05) is 6.92 Å². The van der Waals surface area contributed by atoms with E-state index in [0.29, 0.717) is 0 Å². The van der Waals surface area contributed by atoms with Crippen LogP contribution in [0.25, 0.3) is 0 Å². The molecule has 1 atom stereocenters. The van der Waals surface area contributed by atoms with Crippen LogP contribution in [-0.4, -0.2) is 24.7 Å². The van der Waals surface area contributed by atoms with Crippen LogP contribution in [0.5, 0.6) is 0 Å². The zero-order valence-corrected chi connectivity index (χ0v) is 11.8. The fourth-order valence-corrected chi connectivity index (χ4v) is 3.31. The Morgan fingerprint density at radius 1 is 1.47 bits per heavy atom. The van der Waals surface area contributed by atoms with Crippen LogP contribution >= 0.6 is 11.3 Å². The lowest BCUT2D eigenvalue weighted by molar-refractivity contribution is 0.0181. The average Bonchev–Trinajstić information content (AvgIpc) is 2.69. The molecule has 1 saturated heterocycles. The molecule has 2 heterocycles. The van der Waals surface area contributed by atoms with Gasteiger partial charge < -0.3 is 10.1 Å². The molecule has 0 spiro atoms. The van der Waals surface area contributed by atoms with Gasteiger partial charge in [0.1, 0.15) is 5.01 Å². The van der Waals surface area contributed by atoms with Crippen molar-refractivity contribution in [1.82, 2.24) is 10.3 Å². The first-order valence-corrected chi connectivity index (χ1v) is 7.27. The van der Waals surface area contributed by atoms with Crippen molar-refractivity contribution >= 4 is 11.3 Å². The Bertz CT molecular complexity index is 350. The topological polar surface area (TPSA) is 34.2 Å². The summed E-state index contributed by atoms with van der Waals surface area (Å²) in [7, 11) is 0. The van der Waals surface area contributed by atoms with E-state index in [9.17, 15) is 0 Å². The van der Waals surface area contributed by atoms with Gasteiger partial charge in [-0.15, -0.1) is 11.3 Å². The Labute approximate surface area is 108 Å². The number of hydrogen-bond acceptors (Lipinski definition) is 4. The number of aromatic nitrogens is 1. The van der Waals surface area contributed by atoms with E-state index in [4.69, 9.17) is 9.72 Å². The van der Waals surface area contributed by atoms with Crippen LogP contribution in [-0.2, 0) is 10.3 Å². The summed E-state index contributed by atoms with van der Waals surface area (Å²) in [6.45, 7) is 9.11. The molecule has 0 aromatic carbocycles. The minimum Gasteiger partial charge on any atom is -0.379 e. The second-order valence-corrected chi connectivity index (χ2v) is 6.03. The van der Waals surface area contributed by atoms with Crippen LogP contribution < -0.4 is 5.32 Å². The molecule has 1 aliphatic heterocycles. The van der Waals surface area contributed by atoms with E-state index < -0.39 is 0 Å². The lowest BCUT2D eigenvalue weighted by Crippen LogP contribution is -2.49. The summed E-state index contributed by atoms with van der Waals surface area (Å²) in [5, 5.41) is 4.87. The summed E-state index contributed by atoms with van der Waals surface area (Å²) >= 11 is 1.82. The molecule has 0 radical (unpaired) electrons. The van der Waals surface area contributed by atoms with Gasteiger partial charge in [-0.25, -0.2) is 4.98 Å². The van der Waals surface area contributed by atoms with Gasteiger partial charge >= 0.3 is 0 Å². The van der Waals surface area contributed by atoms with Crippen molar-refractivity contribution in [2.45, 2.75) is 45.6 Å². The second kappa shape index (κ2) is 5.46. The van der Waals surface area contributed by atoms with Gasteiger partial charge in [0, 0.05) is 11.5 Å². The molecule has 4 heteroatoms. The molecule has 1 fully saturated rings. The van der Waals surface area contributed by atoms with Crippen molar-refractivity contribution < 1.29 is 4.74 Å². The van der Waals surface area contributed by atoms with Crippen molar-refractivity contribution in [2.24, 2.45) is 0 Å². The minimum atomic E-state index is -0.0298.